The van der Waals surface area contributed by atoms with Crippen molar-refractivity contribution in [2.24, 2.45) is 0 Å². The van der Waals surface area contributed by atoms with E-state index in [2.05, 4.69) is 89.2 Å². The molecule has 0 radical (unpaired) electrons. The van der Waals surface area contributed by atoms with Crippen LogP contribution in [0.25, 0.3) is 12.2 Å². The first kappa shape index (κ1) is 13.4. The van der Waals surface area contributed by atoms with Gasteiger partial charge in [0, 0.05) is 4.47 Å². The van der Waals surface area contributed by atoms with Crippen LogP contribution in [-0.4, -0.2) is 5.75 Å². The Morgan fingerprint density at radius 1 is 0.833 bits per heavy atom. The van der Waals surface area contributed by atoms with Crippen molar-refractivity contribution in [1.29, 1.82) is 0 Å². The van der Waals surface area contributed by atoms with Crippen LogP contribution in [0.15, 0.2) is 53.0 Å². The first-order valence-electron chi connectivity index (χ1n) is 5.91. The Bertz CT molecular complexity index is 512. The minimum atomic E-state index is 0.897. The van der Waals surface area contributed by atoms with Gasteiger partial charge in [-0.05, 0) is 41.0 Å². The quantitative estimate of drug-likeness (QED) is 0.589. The van der Waals surface area contributed by atoms with Gasteiger partial charge in [-0.3, -0.25) is 0 Å². The van der Waals surface area contributed by atoms with E-state index in [0.29, 0.717) is 0 Å². The summed E-state index contributed by atoms with van der Waals surface area (Å²) < 4.78 is 1.11. The number of thiol groups is 1. The molecule has 2 aromatic rings. The fourth-order valence-corrected chi connectivity index (χ4v) is 2.21. The van der Waals surface area contributed by atoms with Gasteiger partial charge in [-0.25, -0.2) is 0 Å². The maximum atomic E-state index is 4.24. The maximum absolute atomic E-state index is 4.24. The van der Waals surface area contributed by atoms with E-state index in [1.165, 1.54) is 16.7 Å². The molecule has 0 fully saturated rings. The Morgan fingerprint density at radius 2 is 1.33 bits per heavy atom. The summed E-state index contributed by atoms with van der Waals surface area (Å²) in [6.45, 7) is 0. The van der Waals surface area contributed by atoms with Crippen LogP contribution >= 0.6 is 28.6 Å². The van der Waals surface area contributed by atoms with E-state index < -0.39 is 0 Å². The van der Waals surface area contributed by atoms with Crippen LogP contribution in [0.3, 0.4) is 0 Å². The molecule has 0 atom stereocenters. The van der Waals surface area contributed by atoms with Gasteiger partial charge in [0.2, 0.25) is 0 Å². The Labute approximate surface area is 122 Å². The van der Waals surface area contributed by atoms with E-state index >= 15 is 0 Å². The van der Waals surface area contributed by atoms with Crippen LogP contribution in [-0.2, 0) is 6.42 Å². The van der Waals surface area contributed by atoms with Crippen molar-refractivity contribution in [3.05, 3.63) is 69.7 Å². The van der Waals surface area contributed by atoms with Gasteiger partial charge in [0.1, 0.15) is 0 Å². The van der Waals surface area contributed by atoms with Crippen molar-refractivity contribution < 1.29 is 0 Å². The van der Waals surface area contributed by atoms with Crippen molar-refractivity contribution >= 4 is 40.7 Å². The van der Waals surface area contributed by atoms with Gasteiger partial charge in [0.15, 0.2) is 0 Å². The van der Waals surface area contributed by atoms with Gasteiger partial charge in [0.25, 0.3) is 0 Å². The second-order valence-corrected chi connectivity index (χ2v) is 5.46. The van der Waals surface area contributed by atoms with Gasteiger partial charge in [-0.1, -0.05) is 64.5 Å². The molecule has 0 aliphatic rings. The topological polar surface area (TPSA) is 0 Å². The van der Waals surface area contributed by atoms with Gasteiger partial charge >= 0.3 is 0 Å². The predicted octanol–water partition coefficient (Wildman–Crippen LogP) is 5.09. The third-order valence-electron chi connectivity index (χ3n) is 2.72. The summed E-state index contributed by atoms with van der Waals surface area (Å²) in [4.78, 5) is 0. The van der Waals surface area contributed by atoms with Gasteiger partial charge in [-0.15, -0.1) is 0 Å². The highest BCUT2D eigenvalue weighted by Gasteiger charge is 1.92. The highest BCUT2D eigenvalue weighted by molar-refractivity contribution is 9.10. The summed E-state index contributed by atoms with van der Waals surface area (Å²) in [6, 6.07) is 16.9. The molecule has 18 heavy (non-hydrogen) atoms. The van der Waals surface area contributed by atoms with Crippen molar-refractivity contribution in [3.63, 3.8) is 0 Å². The molecule has 0 bridgehead atoms. The SMILES string of the molecule is SCCc1ccc(C=Cc2ccc(Br)cc2)cc1. The molecule has 92 valence electrons. The number of rotatable bonds is 4. The summed E-state index contributed by atoms with van der Waals surface area (Å²) in [5.41, 5.74) is 3.77. The summed E-state index contributed by atoms with van der Waals surface area (Å²) in [6.07, 6.45) is 5.29. The molecule has 2 aromatic carbocycles. The van der Waals surface area contributed by atoms with Crippen LogP contribution in [0.1, 0.15) is 16.7 Å². The number of benzene rings is 2. The van der Waals surface area contributed by atoms with Crippen LogP contribution in [0, 0.1) is 0 Å². The molecule has 0 spiro atoms. The summed E-state index contributed by atoms with van der Waals surface area (Å²) in [5.74, 6) is 0.897. The smallest absolute Gasteiger partial charge is 0.0175 e. The van der Waals surface area contributed by atoms with Crippen molar-refractivity contribution in [2.75, 3.05) is 5.75 Å². The monoisotopic (exact) mass is 318 g/mol. The average Bonchev–Trinajstić information content (AvgIpc) is 2.40. The van der Waals surface area contributed by atoms with E-state index in [1.807, 2.05) is 0 Å². The summed E-state index contributed by atoms with van der Waals surface area (Å²) >= 11 is 7.67. The van der Waals surface area contributed by atoms with Crippen LogP contribution in [0.5, 0.6) is 0 Å². The minimum Gasteiger partial charge on any atom is -0.179 e. The van der Waals surface area contributed by atoms with Gasteiger partial charge in [-0.2, -0.15) is 12.6 Å². The first-order valence-corrected chi connectivity index (χ1v) is 7.34. The zero-order chi connectivity index (χ0) is 12.8. The zero-order valence-corrected chi connectivity index (χ0v) is 12.5. The van der Waals surface area contributed by atoms with Gasteiger partial charge in [0.05, 0.1) is 0 Å². The maximum Gasteiger partial charge on any atom is 0.0175 e. The Hall–Kier alpha value is -0.990. The fourth-order valence-electron chi connectivity index (χ4n) is 1.69. The predicted molar refractivity (Wildman–Crippen MR) is 87.1 cm³/mol. The summed E-state index contributed by atoms with van der Waals surface area (Å²) in [5, 5.41) is 0. The molecular formula is C16H15BrS. The van der Waals surface area contributed by atoms with E-state index in [-0.39, 0.29) is 0 Å². The number of halogens is 1. The third kappa shape index (κ3) is 4.04. The average molecular weight is 319 g/mol. The standard InChI is InChI=1S/C16H15BrS/c17-16-9-7-14(8-10-16)2-1-13-3-5-15(6-4-13)11-12-18/h1-10,18H,11-12H2. The molecule has 0 aromatic heterocycles. The number of aryl methyl sites for hydroxylation is 1. The molecule has 0 saturated heterocycles. The number of hydrogen-bond acceptors (Lipinski definition) is 1. The Balaban J connectivity index is 2.06. The molecule has 0 amide bonds. The second kappa shape index (κ2) is 6.81. The van der Waals surface area contributed by atoms with Crippen molar-refractivity contribution in [3.8, 4) is 0 Å². The molecule has 0 heterocycles. The molecule has 2 rings (SSSR count). The first-order chi connectivity index (χ1) is 8.78. The Morgan fingerprint density at radius 3 is 1.83 bits per heavy atom. The lowest BCUT2D eigenvalue weighted by Crippen LogP contribution is -1.85. The molecule has 2 heteroatoms. The molecule has 0 unspecified atom stereocenters. The number of hydrogen-bond donors (Lipinski definition) is 1. The lowest BCUT2D eigenvalue weighted by molar-refractivity contribution is 1.16. The minimum absolute atomic E-state index is 0.897. The van der Waals surface area contributed by atoms with Crippen molar-refractivity contribution in [2.45, 2.75) is 6.42 Å². The van der Waals surface area contributed by atoms with E-state index in [4.69, 9.17) is 0 Å². The Kier molecular flexibility index (Phi) is 5.09. The van der Waals surface area contributed by atoms with E-state index in [1.54, 1.807) is 0 Å². The highest BCUT2D eigenvalue weighted by Crippen LogP contribution is 2.14. The third-order valence-corrected chi connectivity index (χ3v) is 3.47. The largest absolute Gasteiger partial charge is 0.179 e. The fraction of sp³-hybridized carbons (Fsp3) is 0.125. The lowest BCUT2D eigenvalue weighted by Gasteiger charge is -1.99. The van der Waals surface area contributed by atoms with E-state index in [0.717, 1.165) is 16.6 Å². The molecule has 0 aliphatic heterocycles. The molecule has 0 aliphatic carbocycles. The molecular weight excluding hydrogens is 304 g/mol. The van der Waals surface area contributed by atoms with Crippen molar-refractivity contribution in [1.82, 2.24) is 0 Å². The zero-order valence-electron chi connectivity index (χ0n) is 10.0. The summed E-state index contributed by atoms with van der Waals surface area (Å²) in [7, 11) is 0. The highest BCUT2D eigenvalue weighted by atomic mass is 79.9. The van der Waals surface area contributed by atoms with Crippen LogP contribution in [0.2, 0.25) is 0 Å². The molecule has 0 N–H and O–H groups in total. The van der Waals surface area contributed by atoms with E-state index in [9.17, 15) is 0 Å². The lowest BCUT2D eigenvalue weighted by atomic mass is 10.1. The normalized spacial score (nSPS) is 11.0. The molecule has 0 nitrogen and oxygen atoms in total. The van der Waals surface area contributed by atoms with Crippen LogP contribution in [0.4, 0.5) is 0 Å². The van der Waals surface area contributed by atoms with Gasteiger partial charge < -0.3 is 0 Å². The molecule has 0 saturated carbocycles. The van der Waals surface area contributed by atoms with Crippen LogP contribution < -0.4 is 0 Å². The second-order valence-electron chi connectivity index (χ2n) is 4.10.